The molecule has 0 bridgehead atoms. The van der Waals surface area contributed by atoms with Crippen molar-refractivity contribution in [3.8, 4) is 0 Å². The Kier molecular flexibility index (Phi) is 3.72. The highest BCUT2D eigenvalue weighted by molar-refractivity contribution is 7.71. The van der Waals surface area contributed by atoms with Crippen molar-refractivity contribution in [1.82, 2.24) is 14.9 Å². The number of hydrogen-bond donors (Lipinski definition) is 2. The minimum atomic E-state index is -0.0481. The lowest BCUT2D eigenvalue weighted by atomic mass is 9.99. The van der Waals surface area contributed by atoms with Crippen LogP contribution in [0.15, 0.2) is 30.3 Å². The normalized spacial score (nSPS) is 20.3. The number of anilines is 3. The molecule has 1 fully saturated rings. The summed E-state index contributed by atoms with van der Waals surface area (Å²) in [5.41, 5.74) is 7.92. The first kappa shape index (κ1) is 15.1. The van der Waals surface area contributed by atoms with Crippen molar-refractivity contribution in [3.05, 3.63) is 40.7 Å². The lowest BCUT2D eigenvalue weighted by Crippen LogP contribution is -2.48. The van der Waals surface area contributed by atoms with E-state index in [-0.39, 0.29) is 12.1 Å². The Morgan fingerprint density at radius 3 is 2.79 bits per heavy atom. The summed E-state index contributed by atoms with van der Waals surface area (Å²) >= 11 is 5.20. The van der Waals surface area contributed by atoms with Crippen LogP contribution in [0, 0.1) is 4.77 Å². The summed E-state index contributed by atoms with van der Waals surface area (Å²) in [7, 11) is 0. The number of fused-ring (bicyclic) bond motifs is 3. The number of benzene rings is 1. The topological polar surface area (TPSA) is 78.2 Å². The van der Waals surface area contributed by atoms with Crippen LogP contribution in [0.1, 0.15) is 37.3 Å². The molecule has 124 valence electrons. The van der Waals surface area contributed by atoms with Crippen molar-refractivity contribution in [3.63, 3.8) is 0 Å². The lowest BCUT2D eigenvalue weighted by molar-refractivity contribution is 0.180. The Balaban J connectivity index is 1.96. The van der Waals surface area contributed by atoms with E-state index >= 15 is 0 Å². The third-order valence-corrected chi connectivity index (χ3v) is 4.92. The third kappa shape index (κ3) is 2.36. The van der Waals surface area contributed by atoms with Crippen molar-refractivity contribution >= 4 is 35.6 Å². The maximum atomic E-state index is 13.2. The smallest absolute Gasteiger partial charge is 0.330 e. The molecule has 2 amide bonds. The van der Waals surface area contributed by atoms with Crippen LogP contribution in [0.2, 0.25) is 0 Å². The van der Waals surface area contributed by atoms with Gasteiger partial charge in [0.15, 0.2) is 10.6 Å². The number of rotatable bonds is 1. The molecule has 2 aliphatic heterocycles. The van der Waals surface area contributed by atoms with Gasteiger partial charge in [-0.3, -0.25) is 0 Å². The van der Waals surface area contributed by atoms with Crippen molar-refractivity contribution in [1.29, 1.82) is 0 Å². The van der Waals surface area contributed by atoms with E-state index < -0.39 is 0 Å². The summed E-state index contributed by atoms with van der Waals surface area (Å²) in [5.74, 6) is 1.07. The summed E-state index contributed by atoms with van der Waals surface area (Å²) in [6.45, 7) is 0.737. The number of nitrogens with one attached hydrogen (secondary N) is 1. The number of H-pyrrole nitrogens is 1. The SMILES string of the molecule is Nc1[nH]c(=S)nc2c1C1CCCCCN1C(=O)N2c1ccccc1. The quantitative estimate of drug-likeness (QED) is 0.771. The predicted octanol–water partition coefficient (Wildman–Crippen LogP) is 3.91. The number of carbonyl (C=O) groups excluding carboxylic acids is 1. The van der Waals surface area contributed by atoms with Crippen molar-refractivity contribution < 1.29 is 4.79 Å². The number of hydrogen-bond acceptors (Lipinski definition) is 4. The Hall–Kier alpha value is -2.41. The number of amides is 2. The number of nitrogens with two attached hydrogens (primary N) is 1. The van der Waals surface area contributed by atoms with E-state index in [4.69, 9.17) is 18.0 Å². The highest BCUT2D eigenvalue weighted by Crippen LogP contribution is 2.44. The van der Waals surface area contributed by atoms with Crippen molar-refractivity contribution in [2.45, 2.75) is 31.7 Å². The second kappa shape index (κ2) is 5.90. The van der Waals surface area contributed by atoms with Gasteiger partial charge in [-0.25, -0.2) is 14.7 Å². The molecule has 6 nitrogen and oxygen atoms in total. The maximum absolute atomic E-state index is 13.2. The molecule has 2 aliphatic rings. The monoisotopic (exact) mass is 341 g/mol. The van der Waals surface area contributed by atoms with Crippen LogP contribution < -0.4 is 10.6 Å². The van der Waals surface area contributed by atoms with Gasteiger partial charge in [-0.2, -0.15) is 0 Å². The van der Waals surface area contributed by atoms with Crippen LogP contribution in [-0.4, -0.2) is 27.4 Å². The average Bonchev–Trinajstić information content (AvgIpc) is 2.81. The molecule has 2 aromatic rings. The Morgan fingerprint density at radius 2 is 2.00 bits per heavy atom. The standard InChI is InChI=1S/C17H19N5OS/c18-14-13-12-9-5-2-6-10-21(12)17(23)22(11-7-3-1-4-8-11)15(13)20-16(24)19-14/h1,3-4,7-8,12H,2,5-6,9-10H2,(H3,18,19,20,24). The molecule has 1 aromatic carbocycles. The van der Waals surface area contributed by atoms with Crippen molar-refractivity contribution in [2.24, 2.45) is 0 Å². The fourth-order valence-electron chi connectivity index (χ4n) is 3.65. The van der Waals surface area contributed by atoms with Crippen LogP contribution in [-0.2, 0) is 0 Å². The van der Waals surface area contributed by atoms with Gasteiger partial charge in [0.05, 0.1) is 17.3 Å². The number of urea groups is 1. The molecule has 7 heteroatoms. The number of carbonyl (C=O) groups is 1. The predicted molar refractivity (Wildman–Crippen MR) is 95.7 cm³/mol. The van der Waals surface area contributed by atoms with Crippen molar-refractivity contribution in [2.75, 3.05) is 17.2 Å². The molecule has 0 spiro atoms. The molecule has 1 unspecified atom stereocenters. The first-order chi connectivity index (χ1) is 11.7. The zero-order chi connectivity index (χ0) is 16.7. The van der Waals surface area contributed by atoms with Crippen LogP contribution in [0.3, 0.4) is 0 Å². The first-order valence-electron chi connectivity index (χ1n) is 8.22. The molecule has 0 saturated carbocycles. The van der Waals surface area contributed by atoms with Gasteiger partial charge in [0.25, 0.3) is 0 Å². The summed E-state index contributed by atoms with van der Waals surface area (Å²) in [6.07, 6.45) is 4.11. The summed E-state index contributed by atoms with van der Waals surface area (Å²) < 4.78 is 0.294. The van der Waals surface area contributed by atoms with Gasteiger partial charge in [0.1, 0.15) is 5.82 Å². The first-order valence-corrected chi connectivity index (χ1v) is 8.63. The Labute approximate surface area is 145 Å². The molecular formula is C17H19N5OS. The Morgan fingerprint density at radius 1 is 1.21 bits per heavy atom. The van der Waals surface area contributed by atoms with E-state index in [0.29, 0.717) is 16.4 Å². The second-order valence-electron chi connectivity index (χ2n) is 6.20. The number of nitrogen functional groups attached to an aromatic ring is 1. The second-order valence-corrected chi connectivity index (χ2v) is 6.59. The van der Waals surface area contributed by atoms with Gasteiger partial charge in [-0.1, -0.05) is 31.0 Å². The van der Waals surface area contributed by atoms with E-state index in [0.717, 1.165) is 43.5 Å². The highest BCUT2D eigenvalue weighted by atomic mass is 32.1. The molecule has 1 aromatic heterocycles. The number of nitrogens with zero attached hydrogens (tertiary/aromatic N) is 3. The minimum Gasteiger partial charge on any atom is -0.385 e. The fourth-order valence-corrected chi connectivity index (χ4v) is 3.85. The lowest BCUT2D eigenvalue weighted by Gasteiger charge is -2.41. The van der Waals surface area contributed by atoms with E-state index in [1.54, 1.807) is 4.90 Å². The minimum absolute atomic E-state index is 0.0330. The van der Waals surface area contributed by atoms with Crippen LogP contribution in [0.5, 0.6) is 0 Å². The molecule has 3 heterocycles. The average molecular weight is 341 g/mol. The molecule has 3 N–H and O–H groups in total. The summed E-state index contributed by atoms with van der Waals surface area (Å²) in [6, 6.07) is 9.46. The van der Waals surface area contributed by atoms with E-state index in [1.165, 1.54) is 0 Å². The van der Waals surface area contributed by atoms with Crippen LogP contribution in [0.4, 0.5) is 22.1 Å². The molecule has 0 radical (unpaired) electrons. The summed E-state index contributed by atoms with van der Waals surface area (Å²) in [5, 5.41) is 0. The van der Waals surface area contributed by atoms with Crippen LogP contribution >= 0.6 is 12.2 Å². The zero-order valence-corrected chi connectivity index (χ0v) is 14.1. The molecule has 1 atom stereocenters. The number of aromatic amines is 1. The van der Waals surface area contributed by atoms with Gasteiger partial charge in [-0.05, 0) is 37.2 Å². The van der Waals surface area contributed by atoms with Gasteiger partial charge >= 0.3 is 6.03 Å². The maximum Gasteiger partial charge on any atom is 0.330 e. The molecule has 1 saturated heterocycles. The third-order valence-electron chi connectivity index (χ3n) is 4.73. The summed E-state index contributed by atoms with van der Waals surface area (Å²) in [4.78, 5) is 24.2. The highest BCUT2D eigenvalue weighted by Gasteiger charge is 2.41. The van der Waals surface area contributed by atoms with Gasteiger partial charge in [0, 0.05) is 6.54 Å². The van der Waals surface area contributed by atoms with Gasteiger partial charge in [-0.15, -0.1) is 0 Å². The van der Waals surface area contributed by atoms with Gasteiger partial charge in [0.2, 0.25) is 0 Å². The van der Waals surface area contributed by atoms with E-state index in [2.05, 4.69) is 9.97 Å². The van der Waals surface area contributed by atoms with E-state index in [9.17, 15) is 4.79 Å². The van der Waals surface area contributed by atoms with Crippen LogP contribution in [0.25, 0.3) is 0 Å². The van der Waals surface area contributed by atoms with E-state index in [1.807, 2.05) is 35.2 Å². The fraction of sp³-hybridized carbons (Fsp3) is 0.353. The Bertz CT molecular complexity index is 835. The number of aromatic nitrogens is 2. The number of para-hydroxylation sites is 1. The molecule has 4 rings (SSSR count). The molecular weight excluding hydrogens is 322 g/mol. The molecule has 24 heavy (non-hydrogen) atoms. The van der Waals surface area contributed by atoms with Gasteiger partial charge < -0.3 is 15.6 Å². The molecule has 0 aliphatic carbocycles. The largest absolute Gasteiger partial charge is 0.385 e. The zero-order valence-electron chi connectivity index (χ0n) is 13.2.